The van der Waals surface area contributed by atoms with Gasteiger partial charge in [-0.1, -0.05) is 23.8 Å². The lowest BCUT2D eigenvalue weighted by Gasteiger charge is -2.40. The van der Waals surface area contributed by atoms with E-state index in [1.54, 1.807) is 18.3 Å². The van der Waals surface area contributed by atoms with Crippen LogP contribution in [0.3, 0.4) is 0 Å². The largest absolute Gasteiger partial charge is 0.331 e. The number of ketones is 1. The van der Waals surface area contributed by atoms with Crippen molar-refractivity contribution >= 4 is 34.6 Å². The third-order valence-electron chi connectivity index (χ3n) is 5.29. The number of thiophene rings is 1. The molecule has 0 spiro atoms. The second-order valence-electron chi connectivity index (χ2n) is 7.89. The van der Waals surface area contributed by atoms with Gasteiger partial charge in [-0.2, -0.15) is 5.10 Å². The van der Waals surface area contributed by atoms with Crippen molar-refractivity contribution in [2.75, 3.05) is 5.32 Å². The third kappa shape index (κ3) is 5.50. The smallest absolute Gasteiger partial charge is 0.265 e. The molecule has 1 N–H and O–H groups in total. The Bertz CT molecular complexity index is 1060. The number of anilines is 1. The van der Waals surface area contributed by atoms with Crippen molar-refractivity contribution < 1.29 is 14.4 Å². The number of hydrogen-bond donors (Lipinski definition) is 1. The molecule has 32 heavy (non-hydrogen) atoms. The van der Waals surface area contributed by atoms with Crippen molar-refractivity contribution in [2.45, 2.75) is 51.7 Å². The standard InChI is InChI=1S/C24H28N4O3S/c1-5-7-19-11-16(3)12-20(8-6-2)28(19)23(30)15-27-14-18(13-25-27)26-24(31)22-10-9-21(32-22)17(4)29/h5-6,9-11,13-14,19-20H,1-2,7-8,12,15H2,3-4H3,(H,26,31)/t19-,20-/m0/s1. The maximum atomic E-state index is 13.2. The van der Waals surface area contributed by atoms with Gasteiger partial charge >= 0.3 is 0 Å². The zero-order valence-corrected chi connectivity index (χ0v) is 19.2. The first-order valence-corrected chi connectivity index (χ1v) is 11.3. The first kappa shape index (κ1) is 23.4. The Hall–Kier alpha value is -3.26. The van der Waals surface area contributed by atoms with Crippen LogP contribution in [-0.4, -0.2) is 44.4 Å². The summed E-state index contributed by atoms with van der Waals surface area (Å²) in [6, 6.07) is 3.27. The minimum Gasteiger partial charge on any atom is -0.331 e. The predicted molar refractivity (Wildman–Crippen MR) is 127 cm³/mol. The summed E-state index contributed by atoms with van der Waals surface area (Å²) in [5.41, 5.74) is 1.75. The molecule has 0 saturated heterocycles. The van der Waals surface area contributed by atoms with Gasteiger partial charge in [0.1, 0.15) is 6.54 Å². The van der Waals surface area contributed by atoms with Gasteiger partial charge in [-0.15, -0.1) is 24.5 Å². The number of carbonyl (C=O) groups excluding carboxylic acids is 3. The number of hydrogen-bond acceptors (Lipinski definition) is 5. The molecule has 1 aliphatic heterocycles. The Morgan fingerprint density at radius 1 is 1.22 bits per heavy atom. The van der Waals surface area contributed by atoms with E-state index in [2.05, 4.69) is 36.6 Å². The van der Waals surface area contributed by atoms with E-state index in [4.69, 9.17) is 0 Å². The fourth-order valence-corrected chi connectivity index (χ4v) is 4.72. The average molecular weight is 453 g/mol. The molecule has 0 aromatic carbocycles. The number of carbonyl (C=O) groups is 3. The van der Waals surface area contributed by atoms with Gasteiger partial charge < -0.3 is 10.2 Å². The molecule has 0 unspecified atom stereocenters. The lowest BCUT2D eigenvalue weighted by Crippen LogP contribution is -2.50. The molecule has 2 amide bonds. The average Bonchev–Trinajstić information content (AvgIpc) is 3.38. The first-order valence-electron chi connectivity index (χ1n) is 10.5. The van der Waals surface area contributed by atoms with Crippen LogP contribution in [0.1, 0.15) is 52.5 Å². The van der Waals surface area contributed by atoms with Crippen molar-refractivity contribution in [1.29, 1.82) is 0 Å². The van der Waals surface area contributed by atoms with Crippen LogP contribution < -0.4 is 5.32 Å². The van der Waals surface area contributed by atoms with Gasteiger partial charge in [-0.05, 0) is 45.2 Å². The Morgan fingerprint density at radius 2 is 1.94 bits per heavy atom. The SMILES string of the molecule is C=CC[C@H]1CC(C)=C[C@H](CC=C)N1C(=O)Cn1cc(NC(=O)c2ccc(C(C)=O)s2)cn1. The summed E-state index contributed by atoms with van der Waals surface area (Å²) >= 11 is 1.14. The summed E-state index contributed by atoms with van der Waals surface area (Å²) in [4.78, 5) is 40.0. The summed E-state index contributed by atoms with van der Waals surface area (Å²) in [5, 5.41) is 7.00. The lowest BCUT2D eigenvalue weighted by molar-refractivity contribution is -0.136. The fraction of sp³-hybridized carbons (Fsp3) is 0.333. The monoisotopic (exact) mass is 452 g/mol. The van der Waals surface area contributed by atoms with E-state index in [1.165, 1.54) is 23.4 Å². The molecule has 1 aliphatic rings. The van der Waals surface area contributed by atoms with E-state index in [1.807, 2.05) is 17.1 Å². The highest BCUT2D eigenvalue weighted by atomic mass is 32.1. The summed E-state index contributed by atoms with van der Waals surface area (Å²) in [7, 11) is 0. The molecule has 0 bridgehead atoms. The van der Waals surface area contributed by atoms with Gasteiger partial charge in [0.2, 0.25) is 5.91 Å². The molecular formula is C24H28N4O3S. The topological polar surface area (TPSA) is 84.3 Å². The van der Waals surface area contributed by atoms with Crippen molar-refractivity contribution in [2.24, 2.45) is 0 Å². The molecule has 0 fully saturated rings. The minimum absolute atomic E-state index is 0.0391. The highest BCUT2D eigenvalue weighted by molar-refractivity contribution is 7.16. The molecule has 0 saturated carbocycles. The molecule has 3 heterocycles. The maximum Gasteiger partial charge on any atom is 0.265 e. The van der Waals surface area contributed by atoms with Crippen LogP contribution in [0.2, 0.25) is 0 Å². The van der Waals surface area contributed by atoms with Crippen LogP contribution in [0, 0.1) is 0 Å². The number of Topliss-reactive ketones (excluding diaryl/α,β-unsaturated/α-hetero) is 1. The van der Waals surface area contributed by atoms with Crippen LogP contribution in [0.5, 0.6) is 0 Å². The minimum atomic E-state index is -0.317. The van der Waals surface area contributed by atoms with Crippen LogP contribution >= 0.6 is 11.3 Å². The highest BCUT2D eigenvalue weighted by Gasteiger charge is 2.32. The molecule has 3 rings (SSSR count). The second-order valence-corrected chi connectivity index (χ2v) is 8.97. The molecule has 7 nitrogen and oxygen atoms in total. The van der Waals surface area contributed by atoms with E-state index in [0.717, 1.165) is 17.8 Å². The molecule has 0 radical (unpaired) electrons. The number of amides is 2. The molecule has 2 aromatic rings. The Labute approximate surface area is 192 Å². The number of nitrogens with zero attached hydrogens (tertiary/aromatic N) is 3. The van der Waals surface area contributed by atoms with Crippen LogP contribution in [0.15, 0.2) is 61.5 Å². The summed E-state index contributed by atoms with van der Waals surface area (Å²) in [6.45, 7) is 11.3. The second kappa shape index (κ2) is 10.4. The van der Waals surface area contributed by atoms with E-state index in [-0.39, 0.29) is 36.2 Å². The molecule has 8 heteroatoms. The van der Waals surface area contributed by atoms with Gasteiger partial charge in [0.05, 0.1) is 27.7 Å². The van der Waals surface area contributed by atoms with Gasteiger partial charge in [-0.3, -0.25) is 19.1 Å². The van der Waals surface area contributed by atoms with E-state index >= 15 is 0 Å². The zero-order chi connectivity index (χ0) is 23.3. The summed E-state index contributed by atoms with van der Waals surface area (Å²) < 4.78 is 1.52. The van der Waals surface area contributed by atoms with Crippen molar-refractivity contribution in [3.8, 4) is 0 Å². The molecule has 168 valence electrons. The Balaban J connectivity index is 1.69. The van der Waals surface area contributed by atoms with Crippen LogP contribution in [-0.2, 0) is 11.3 Å². The number of nitrogens with one attached hydrogen (secondary N) is 1. The van der Waals surface area contributed by atoms with Gasteiger partial charge in [-0.25, -0.2) is 0 Å². The third-order valence-corrected chi connectivity index (χ3v) is 6.47. The van der Waals surface area contributed by atoms with Gasteiger partial charge in [0.25, 0.3) is 5.91 Å². The quantitative estimate of drug-likeness (QED) is 0.449. The van der Waals surface area contributed by atoms with Gasteiger partial charge in [0, 0.05) is 12.2 Å². The van der Waals surface area contributed by atoms with E-state index in [0.29, 0.717) is 28.3 Å². The number of rotatable bonds is 9. The highest BCUT2D eigenvalue weighted by Crippen LogP contribution is 2.27. The number of aromatic nitrogens is 2. The summed E-state index contributed by atoms with van der Waals surface area (Å²) in [5.74, 6) is -0.437. The predicted octanol–water partition coefficient (Wildman–Crippen LogP) is 4.47. The Morgan fingerprint density at radius 3 is 2.59 bits per heavy atom. The lowest BCUT2D eigenvalue weighted by atomic mass is 9.92. The Kier molecular flexibility index (Phi) is 7.58. The molecule has 0 aliphatic carbocycles. The summed E-state index contributed by atoms with van der Waals surface area (Å²) in [6.07, 6.45) is 11.2. The van der Waals surface area contributed by atoms with Gasteiger partial charge in [0.15, 0.2) is 5.78 Å². The first-order chi connectivity index (χ1) is 15.3. The molecule has 2 aromatic heterocycles. The van der Waals surface area contributed by atoms with Crippen molar-refractivity contribution in [3.63, 3.8) is 0 Å². The van der Waals surface area contributed by atoms with Crippen molar-refractivity contribution in [3.05, 3.63) is 71.2 Å². The van der Waals surface area contributed by atoms with E-state index in [9.17, 15) is 14.4 Å². The van der Waals surface area contributed by atoms with Crippen LogP contribution in [0.25, 0.3) is 0 Å². The molecular weight excluding hydrogens is 424 g/mol. The van der Waals surface area contributed by atoms with Crippen molar-refractivity contribution in [1.82, 2.24) is 14.7 Å². The molecule has 2 atom stereocenters. The fourth-order valence-electron chi connectivity index (χ4n) is 3.92. The van der Waals surface area contributed by atoms with Crippen LogP contribution in [0.4, 0.5) is 5.69 Å². The maximum absolute atomic E-state index is 13.2. The zero-order valence-electron chi connectivity index (χ0n) is 18.4. The van der Waals surface area contributed by atoms with E-state index < -0.39 is 0 Å². The normalized spacial score (nSPS) is 18.1.